The lowest BCUT2D eigenvalue weighted by molar-refractivity contribution is -0.136. The van der Waals surface area contributed by atoms with Gasteiger partial charge in [-0.3, -0.25) is 14.4 Å². The van der Waals surface area contributed by atoms with Gasteiger partial charge in [-0.25, -0.2) is 9.82 Å². The van der Waals surface area contributed by atoms with E-state index < -0.39 is 23.5 Å². The van der Waals surface area contributed by atoms with E-state index in [-0.39, 0.29) is 12.3 Å². The van der Waals surface area contributed by atoms with Crippen molar-refractivity contribution >= 4 is 51.2 Å². The third-order valence-corrected chi connectivity index (χ3v) is 5.23. The normalized spacial score (nSPS) is 10.6. The van der Waals surface area contributed by atoms with E-state index in [4.69, 9.17) is 4.74 Å². The van der Waals surface area contributed by atoms with Gasteiger partial charge in [-0.05, 0) is 60.9 Å². The number of benzene rings is 3. The zero-order valence-corrected chi connectivity index (χ0v) is 20.5. The SMILES string of the molecule is Cc1cccc(C)c1NC(=O)C(=O)N/N=C\c1cccc(OCC(=O)Nc2ccc(Br)cc2F)c1. The van der Waals surface area contributed by atoms with Crippen molar-refractivity contribution in [1.82, 2.24) is 5.43 Å². The Bertz CT molecular complexity index is 1280. The molecule has 10 heteroatoms. The highest BCUT2D eigenvalue weighted by atomic mass is 79.9. The Balaban J connectivity index is 1.51. The van der Waals surface area contributed by atoms with Gasteiger partial charge < -0.3 is 15.4 Å². The molecule has 0 saturated carbocycles. The molecule has 0 fully saturated rings. The maximum Gasteiger partial charge on any atom is 0.329 e. The van der Waals surface area contributed by atoms with Crippen molar-refractivity contribution in [3.63, 3.8) is 0 Å². The summed E-state index contributed by atoms with van der Waals surface area (Å²) in [6.45, 7) is 3.32. The maximum atomic E-state index is 13.8. The average molecular weight is 541 g/mol. The van der Waals surface area contributed by atoms with Gasteiger partial charge in [0.25, 0.3) is 5.91 Å². The van der Waals surface area contributed by atoms with E-state index in [0.29, 0.717) is 21.5 Å². The minimum absolute atomic E-state index is 0.0417. The van der Waals surface area contributed by atoms with Gasteiger partial charge in [0.1, 0.15) is 11.6 Å². The lowest BCUT2D eigenvalue weighted by Gasteiger charge is -2.10. The predicted octanol–water partition coefficient (Wildman–Crippen LogP) is 4.31. The van der Waals surface area contributed by atoms with Gasteiger partial charge in [0.15, 0.2) is 6.61 Å². The fourth-order valence-electron chi connectivity index (χ4n) is 3.01. The van der Waals surface area contributed by atoms with Gasteiger partial charge in [-0.1, -0.05) is 46.3 Å². The number of nitrogens with one attached hydrogen (secondary N) is 3. The topological polar surface area (TPSA) is 109 Å². The summed E-state index contributed by atoms with van der Waals surface area (Å²) in [5.74, 6) is -2.51. The molecule has 180 valence electrons. The predicted molar refractivity (Wildman–Crippen MR) is 135 cm³/mol. The lowest BCUT2D eigenvalue weighted by Crippen LogP contribution is -2.32. The van der Waals surface area contributed by atoms with Gasteiger partial charge in [0, 0.05) is 10.2 Å². The number of halogens is 2. The van der Waals surface area contributed by atoms with Crippen LogP contribution in [0.3, 0.4) is 0 Å². The highest BCUT2D eigenvalue weighted by Gasteiger charge is 2.15. The first-order valence-electron chi connectivity index (χ1n) is 10.4. The minimum Gasteiger partial charge on any atom is -0.484 e. The van der Waals surface area contributed by atoms with E-state index in [0.717, 1.165) is 11.1 Å². The molecule has 0 unspecified atom stereocenters. The summed E-state index contributed by atoms with van der Waals surface area (Å²) in [5, 5.41) is 8.80. The van der Waals surface area contributed by atoms with Crippen molar-refractivity contribution in [1.29, 1.82) is 0 Å². The molecule has 35 heavy (non-hydrogen) atoms. The van der Waals surface area contributed by atoms with E-state index in [2.05, 4.69) is 37.1 Å². The van der Waals surface area contributed by atoms with E-state index in [1.165, 1.54) is 18.3 Å². The zero-order chi connectivity index (χ0) is 25.4. The highest BCUT2D eigenvalue weighted by Crippen LogP contribution is 2.20. The van der Waals surface area contributed by atoms with Crippen LogP contribution >= 0.6 is 15.9 Å². The standard InChI is InChI=1S/C25H22BrFN4O4/c1-15-5-3-6-16(2)23(15)30-24(33)25(34)31-28-13-17-7-4-8-19(11-17)35-14-22(32)29-21-10-9-18(26)12-20(21)27/h3-13H,14H2,1-2H3,(H,29,32)(H,30,33)(H,31,34)/b28-13-. The van der Waals surface area contributed by atoms with Gasteiger partial charge in [-0.15, -0.1) is 0 Å². The molecule has 3 aromatic carbocycles. The molecule has 0 saturated heterocycles. The number of para-hydroxylation sites is 1. The first kappa shape index (κ1) is 25.6. The largest absolute Gasteiger partial charge is 0.484 e. The summed E-state index contributed by atoms with van der Waals surface area (Å²) in [4.78, 5) is 36.3. The number of amides is 3. The molecule has 8 nitrogen and oxygen atoms in total. The third-order valence-electron chi connectivity index (χ3n) is 4.74. The average Bonchev–Trinajstić information content (AvgIpc) is 2.82. The number of rotatable bonds is 7. The smallest absolute Gasteiger partial charge is 0.329 e. The Morgan fingerprint density at radius 2 is 1.69 bits per heavy atom. The van der Waals surface area contributed by atoms with E-state index in [1.807, 2.05) is 32.0 Å². The molecule has 0 radical (unpaired) electrons. The van der Waals surface area contributed by atoms with Crippen molar-refractivity contribution in [3.05, 3.63) is 87.6 Å². The van der Waals surface area contributed by atoms with Crippen LogP contribution in [0.1, 0.15) is 16.7 Å². The maximum absolute atomic E-state index is 13.8. The lowest BCUT2D eigenvalue weighted by atomic mass is 10.1. The van der Waals surface area contributed by atoms with Crippen LogP contribution in [-0.2, 0) is 14.4 Å². The van der Waals surface area contributed by atoms with Gasteiger partial charge in [-0.2, -0.15) is 5.10 Å². The van der Waals surface area contributed by atoms with Crippen LogP contribution in [0.2, 0.25) is 0 Å². The number of hydrogen-bond acceptors (Lipinski definition) is 5. The van der Waals surface area contributed by atoms with Crippen molar-refractivity contribution in [2.45, 2.75) is 13.8 Å². The van der Waals surface area contributed by atoms with Crippen LogP contribution in [0.5, 0.6) is 5.75 Å². The molecule has 0 aromatic heterocycles. The Morgan fingerprint density at radius 1 is 0.971 bits per heavy atom. The molecule has 3 rings (SSSR count). The summed E-state index contributed by atoms with van der Waals surface area (Å²) in [6, 6.07) is 16.4. The zero-order valence-electron chi connectivity index (χ0n) is 18.9. The second kappa shape index (κ2) is 11.9. The molecule has 3 amide bonds. The molecular weight excluding hydrogens is 519 g/mol. The monoisotopic (exact) mass is 540 g/mol. The quantitative estimate of drug-likeness (QED) is 0.235. The number of ether oxygens (including phenoxy) is 1. The molecule has 0 aliphatic carbocycles. The first-order chi connectivity index (χ1) is 16.7. The van der Waals surface area contributed by atoms with Crippen LogP contribution in [0.15, 0.2) is 70.2 Å². The van der Waals surface area contributed by atoms with Crippen LogP contribution < -0.4 is 20.8 Å². The Hall–Kier alpha value is -4.05. The summed E-state index contributed by atoms with van der Waals surface area (Å²) in [7, 11) is 0. The Labute approximate surface area is 209 Å². The first-order valence-corrected chi connectivity index (χ1v) is 11.2. The number of hydrazone groups is 1. The summed E-state index contributed by atoms with van der Waals surface area (Å²) in [6.07, 6.45) is 1.33. The number of aryl methyl sites for hydroxylation is 2. The molecule has 0 atom stereocenters. The van der Waals surface area contributed by atoms with Crippen molar-refractivity contribution in [2.24, 2.45) is 5.10 Å². The van der Waals surface area contributed by atoms with E-state index in [9.17, 15) is 18.8 Å². The summed E-state index contributed by atoms with van der Waals surface area (Å²) < 4.78 is 19.8. The molecule has 0 heterocycles. The molecule has 0 aliphatic heterocycles. The van der Waals surface area contributed by atoms with Gasteiger partial charge >= 0.3 is 11.8 Å². The van der Waals surface area contributed by atoms with E-state index >= 15 is 0 Å². The highest BCUT2D eigenvalue weighted by molar-refractivity contribution is 9.10. The fourth-order valence-corrected chi connectivity index (χ4v) is 3.34. The van der Waals surface area contributed by atoms with Crippen LogP contribution in [0.4, 0.5) is 15.8 Å². The van der Waals surface area contributed by atoms with Crippen LogP contribution in [0.25, 0.3) is 0 Å². The second-order valence-corrected chi connectivity index (χ2v) is 8.37. The van der Waals surface area contributed by atoms with Crippen molar-refractivity contribution in [2.75, 3.05) is 17.2 Å². The second-order valence-electron chi connectivity index (χ2n) is 7.45. The molecule has 0 bridgehead atoms. The molecule has 3 N–H and O–H groups in total. The summed E-state index contributed by atoms with van der Waals surface area (Å²) in [5.41, 5.74) is 5.01. The Kier molecular flexibility index (Phi) is 8.69. The van der Waals surface area contributed by atoms with Crippen LogP contribution in [0, 0.1) is 19.7 Å². The minimum atomic E-state index is -0.923. The number of carbonyl (C=O) groups excluding carboxylic acids is 3. The van der Waals surface area contributed by atoms with Gasteiger partial charge in [0.05, 0.1) is 11.9 Å². The van der Waals surface area contributed by atoms with Gasteiger partial charge in [0.2, 0.25) is 0 Å². The number of nitrogens with zero attached hydrogens (tertiary/aromatic N) is 1. The van der Waals surface area contributed by atoms with Crippen LogP contribution in [-0.4, -0.2) is 30.5 Å². The third kappa shape index (κ3) is 7.47. The number of carbonyl (C=O) groups is 3. The molecule has 3 aromatic rings. The molecule has 0 spiro atoms. The molecular formula is C25H22BrFN4O4. The molecule has 0 aliphatic rings. The van der Waals surface area contributed by atoms with E-state index in [1.54, 1.807) is 30.3 Å². The number of hydrogen-bond donors (Lipinski definition) is 3. The fraction of sp³-hybridized carbons (Fsp3) is 0.120. The van der Waals surface area contributed by atoms with Crippen molar-refractivity contribution < 1.29 is 23.5 Å². The summed E-state index contributed by atoms with van der Waals surface area (Å²) >= 11 is 3.15. The van der Waals surface area contributed by atoms with Crippen molar-refractivity contribution in [3.8, 4) is 5.75 Å². The Morgan fingerprint density at radius 3 is 2.40 bits per heavy atom. The number of anilines is 2.